The second kappa shape index (κ2) is 5.79. The summed E-state index contributed by atoms with van der Waals surface area (Å²) in [6, 6.07) is 2.02. The fraction of sp³-hybridized carbons (Fsp3) is 0.467. The van der Waals surface area contributed by atoms with Crippen LogP contribution in [0.4, 0.5) is 0 Å². The van der Waals surface area contributed by atoms with Crippen molar-refractivity contribution in [3.05, 3.63) is 30.5 Å². The van der Waals surface area contributed by atoms with Gasteiger partial charge >= 0.3 is 0 Å². The van der Waals surface area contributed by atoms with Gasteiger partial charge in [0.15, 0.2) is 0 Å². The normalized spacial score (nSPS) is 20.8. The number of hydrazine groups is 1. The molecule has 8 heteroatoms. The summed E-state index contributed by atoms with van der Waals surface area (Å²) >= 11 is 1.87. The summed E-state index contributed by atoms with van der Waals surface area (Å²) in [4.78, 5) is 11.9. The fourth-order valence-corrected chi connectivity index (χ4v) is 4.29. The predicted octanol–water partition coefficient (Wildman–Crippen LogP) is 0.800. The molecule has 7 nitrogen and oxygen atoms in total. The molecule has 2 aromatic heterocycles. The molecule has 0 aromatic carbocycles. The lowest BCUT2D eigenvalue weighted by molar-refractivity contribution is 0.00905. The highest BCUT2D eigenvalue weighted by molar-refractivity contribution is 7.97. The molecule has 2 aliphatic heterocycles. The molecule has 4 rings (SSSR count). The number of aromatic amines is 1. The Labute approximate surface area is 139 Å². The van der Waals surface area contributed by atoms with Crippen molar-refractivity contribution in [1.82, 2.24) is 29.7 Å². The SMILES string of the molecule is CCSN1CC(CN)(N2C=C(c3ncnc4[nH]ccc34)CN2)C1. The van der Waals surface area contributed by atoms with Crippen molar-refractivity contribution in [2.24, 2.45) is 5.73 Å². The molecule has 122 valence electrons. The quantitative estimate of drug-likeness (QED) is 0.699. The zero-order valence-electron chi connectivity index (χ0n) is 13.1. The number of hydrogen-bond acceptors (Lipinski definition) is 7. The van der Waals surface area contributed by atoms with Crippen LogP contribution in [0.15, 0.2) is 24.8 Å². The third-order valence-corrected chi connectivity index (χ3v) is 5.41. The minimum Gasteiger partial charge on any atom is -0.346 e. The Kier molecular flexibility index (Phi) is 3.76. The molecule has 0 radical (unpaired) electrons. The summed E-state index contributed by atoms with van der Waals surface area (Å²) in [5.41, 5.74) is 12.6. The van der Waals surface area contributed by atoms with Crippen molar-refractivity contribution in [2.45, 2.75) is 12.5 Å². The highest BCUT2D eigenvalue weighted by Gasteiger charge is 2.47. The number of nitrogens with one attached hydrogen (secondary N) is 2. The van der Waals surface area contributed by atoms with Gasteiger partial charge in [-0.15, -0.1) is 0 Å². The first-order valence-corrected chi connectivity index (χ1v) is 8.80. The summed E-state index contributed by atoms with van der Waals surface area (Å²) in [5, 5.41) is 3.25. The molecule has 0 aliphatic carbocycles. The van der Waals surface area contributed by atoms with Gasteiger partial charge in [-0.1, -0.05) is 18.9 Å². The van der Waals surface area contributed by atoms with Crippen LogP contribution in [-0.2, 0) is 0 Å². The van der Waals surface area contributed by atoms with E-state index in [1.165, 1.54) is 5.57 Å². The lowest BCUT2D eigenvalue weighted by Crippen LogP contribution is -2.72. The first-order valence-electron chi connectivity index (χ1n) is 7.86. The molecule has 2 aromatic rings. The first-order chi connectivity index (χ1) is 11.3. The van der Waals surface area contributed by atoms with Gasteiger partial charge in [-0.05, 0) is 6.07 Å². The largest absolute Gasteiger partial charge is 0.346 e. The van der Waals surface area contributed by atoms with Crippen LogP contribution in [0.3, 0.4) is 0 Å². The Balaban J connectivity index is 1.59. The van der Waals surface area contributed by atoms with E-state index in [4.69, 9.17) is 5.73 Å². The van der Waals surface area contributed by atoms with Crippen LogP contribution in [0.25, 0.3) is 16.6 Å². The maximum Gasteiger partial charge on any atom is 0.141 e. The second-order valence-corrected chi connectivity index (χ2v) is 7.32. The summed E-state index contributed by atoms with van der Waals surface area (Å²) < 4.78 is 2.37. The molecule has 1 fully saturated rings. The molecule has 0 amide bonds. The summed E-state index contributed by atoms with van der Waals surface area (Å²) in [6.07, 6.45) is 5.67. The van der Waals surface area contributed by atoms with Gasteiger partial charge in [0.1, 0.15) is 12.0 Å². The van der Waals surface area contributed by atoms with Gasteiger partial charge < -0.3 is 15.7 Å². The van der Waals surface area contributed by atoms with Crippen LogP contribution >= 0.6 is 11.9 Å². The van der Waals surface area contributed by atoms with Gasteiger partial charge in [-0.3, -0.25) is 0 Å². The van der Waals surface area contributed by atoms with Crippen LogP contribution in [0.5, 0.6) is 0 Å². The molecule has 4 heterocycles. The molecule has 0 unspecified atom stereocenters. The fourth-order valence-electron chi connectivity index (χ4n) is 3.26. The Morgan fingerprint density at radius 1 is 1.39 bits per heavy atom. The van der Waals surface area contributed by atoms with Gasteiger partial charge in [-0.25, -0.2) is 19.7 Å². The van der Waals surface area contributed by atoms with E-state index >= 15 is 0 Å². The highest BCUT2D eigenvalue weighted by atomic mass is 32.2. The van der Waals surface area contributed by atoms with Crippen LogP contribution in [0.1, 0.15) is 12.6 Å². The number of aromatic nitrogens is 3. The zero-order valence-corrected chi connectivity index (χ0v) is 13.9. The van der Waals surface area contributed by atoms with E-state index in [0.717, 1.165) is 42.1 Å². The Hall–Kier alpha value is -1.61. The van der Waals surface area contributed by atoms with Crippen molar-refractivity contribution < 1.29 is 0 Å². The molecule has 0 saturated carbocycles. The number of fused-ring (bicyclic) bond motifs is 1. The smallest absolute Gasteiger partial charge is 0.141 e. The van der Waals surface area contributed by atoms with Gasteiger partial charge in [0.2, 0.25) is 0 Å². The van der Waals surface area contributed by atoms with E-state index in [0.29, 0.717) is 6.54 Å². The molecule has 23 heavy (non-hydrogen) atoms. The minimum absolute atomic E-state index is 0.0196. The van der Waals surface area contributed by atoms with Gasteiger partial charge in [0.05, 0.1) is 11.2 Å². The van der Waals surface area contributed by atoms with Gasteiger partial charge in [0.25, 0.3) is 0 Å². The molecule has 4 N–H and O–H groups in total. The Morgan fingerprint density at radius 3 is 3.04 bits per heavy atom. The number of rotatable bonds is 5. The number of H-pyrrole nitrogens is 1. The lowest BCUT2D eigenvalue weighted by atomic mass is 9.92. The molecule has 0 atom stereocenters. The molecule has 1 saturated heterocycles. The second-order valence-electron chi connectivity index (χ2n) is 5.97. The molecule has 0 bridgehead atoms. The molecular weight excluding hydrogens is 310 g/mol. The highest BCUT2D eigenvalue weighted by Crippen LogP contribution is 2.34. The zero-order chi connectivity index (χ0) is 15.9. The number of nitrogens with zero attached hydrogens (tertiary/aromatic N) is 4. The Morgan fingerprint density at radius 2 is 2.26 bits per heavy atom. The van der Waals surface area contributed by atoms with Crippen molar-refractivity contribution in [2.75, 3.05) is 31.9 Å². The third kappa shape index (κ3) is 2.42. The monoisotopic (exact) mass is 331 g/mol. The molecule has 2 aliphatic rings. The van der Waals surface area contributed by atoms with Crippen molar-refractivity contribution in [1.29, 1.82) is 0 Å². The molecular formula is C15H21N7S. The van der Waals surface area contributed by atoms with E-state index in [-0.39, 0.29) is 5.54 Å². The topological polar surface area (TPSA) is 86.1 Å². The van der Waals surface area contributed by atoms with Crippen molar-refractivity contribution in [3.63, 3.8) is 0 Å². The first kappa shape index (κ1) is 14.9. The van der Waals surface area contributed by atoms with Crippen LogP contribution in [0, 0.1) is 0 Å². The van der Waals surface area contributed by atoms with Gasteiger partial charge in [0, 0.05) is 55.3 Å². The van der Waals surface area contributed by atoms with E-state index in [1.807, 2.05) is 24.2 Å². The van der Waals surface area contributed by atoms with Gasteiger partial charge in [-0.2, -0.15) is 0 Å². The van der Waals surface area contributed by atoms with Crippen molar-refractivity contribution in [3.8, 4) is 0 Å². The van der Waals surface area contributed by atoms with E-state index in [1.54, 1.807) is 6.33 Å². The summed E-state index contributed by atoms with van der Waals surface area (Å²) in [6.45, 7) is 5.52. The van der Waals surface area contributed by atoms with Crippen molar-refractivity contribution >= 4 is 28.6 Å². The maximum atomic E-state index is 6.09. The minimum atomic E-state index is -0.0196. The summed E-state index contributed by atoms with van der Waals surface area (Å²) in [5.74, 6) is 1.10. The lowest BCUT2D eigenvalue weighted by Gasteiger charge is -2.53. The van der Waals surface area contributed by atoms with Crippen LogP contribution in [-0.4, -0.2) is 61.7 Å². The standard InChI is InChI=1S/C15H21N7S/c1-2-23-21-8-15(7-16,9-21)22-6-11(5-20-22)13-12-3-4-17-14(12)19-10-18-13/h3-4,6,10,20H,2,5,7-9,16H2,1H3,(H,17,18,19). The maximum absolute atomic E-state index is 6.09. The number of hydrogen-bond donors (Lipinski definition) is 3. The van der Waals surface area contributed by atoms with Crippen LogP contribution < -0.4 is 11.2 Å². The predicted molar refractivity (Wildman–Crippen MR) is 93.2 cm³/mol. The van der Waals surface area contributed by atoms with E-state index in [9.17, 15) is 0 Å². The third-order valence-electron chi connectivity index (χ3n) is 4.53. The Bertz CT molecular complexity index is 734. The summed E-state index contributed by atoms with van der Waals surface area (Å²) in [7, 11) is 0. The average Bonchev–Trinajstić information content (AvgIpc) is 3.19. The van der Waals surface area contributed by atoms with E-state index in [2.05, 4.69) is 42.8 Å². The molecule has 0 spiro atoms. The van der Waals surface area contributed by atoms with E-state index < -0.39 is 0 Å². The average molecular weight is 331 g/mol. The van der Waals surface area contributed by atoms with Crippen LogP contribution in [0.2, 0.25) is 0 Å². The number of nitrogens with two attached hydrogens (primary N) is 1.